The van der Waals surface area contributed by atoms with Crippen molar-refractivity contribution in [2.45, 2.75) is 42.4 Å². The molecule has 1 fully saturated rings. The van der Waals surface area contributed by atoms with Crippen molar-refractivity contribution < 1.29 is 0 Å². The van der Waals surface area contributed by atoms with Crippen LogP contribution in [0.5, 0.6) is 0 Å². The SMILES string of the molecule is CCCNc1nccc(Sc2nnnn2C2CC2)n1. The fourth-order valence-corrected chi connectivity index (χ4v) is 2.42. The van der Waals surface area contributed by atoms with E-state index in [2.05, 4.69) is 37.7 Å². The van der Waals surface area contributed by atoms with Crippen LogP contribution in [0.15, 0.2) is 22.4 Å². The van der Waals surface area contributed by atoms with Crippen LogP contribution in [0.2, 0.25) is 0 Å². The van der Waals surface area contributed by atoms with E-state index < -0.39 is 0 Å². The Labute approximate surface area is 115 Å². The van der Waals surface area contributed by atoms with Crippen LogP contribution in [0.25, 0.3) is 0 Å². The molecule has 0 bridgehead atoms. The maximum atomic E-state index is 4.44. The first-order chi connectivity index (χ1) is 9.36. The fourth-order valence-electron chi connectivity index (χ4n) is 1.62. The smallest absolute Gasteiger partial charge is 0.223 e. The first-order valence-corrected chi connectivity index (χ1v) is 7.21. The summed E-state index contributed by atoms with van der Waals surface area (Å²) < 4.78 is 1.88. The lowest BCUT2D eigenvalue weighted by molar-refractivity contribution is 0.565. The largest absolute Gasteiger partial charge is 0.354 e. The highest BCUT2D eigenvalue weighted by molar-refractivity contribution is 7.99. The molecular formula is C11H15N7S. The molecule has 7 nitrogen and oxygen atoms in total. The van der Waals surface area contributed by atoms with Crippen molar-refractivity contribution in [3.8, 4) is 0 Å². The number of nitrogens with one attached hydrogen (secondary N) is 1. The van der Waals surface area contributed by atoms with E-state index in [1.165, 1.54) is 11.8 Å². The van der Waals surface area contributed by atoms with Gasteiger partial charge in [0, 0.05) is 12.7 Å². The molecule has 100 valence electrons. The Balaban J connectivity index is 1.73. The Morgan fingerprint density at radius 2 is 2.37 bits per heavy atom. The van der Waals surface area contributed by atoms with Crippen LogP contribution >= 0.6 is 11.8 Å². The van der Waals surface area contributed by atoms with E-state index in [0.29, 0.717) is 12.0 Å². The summed E-state index contributed by atoms with van der Waals surface area (Å²) in [5.41, 5.74) is 0. The topological polar surface area (TPSA) is 81.4 Å². The molecule has 0 saturated heterocycles. The number of nitrogens with zero attached hydrogens (tertiary/aromatic N) is 6. The van der Waals surface area contributed by atoms with Gasteiger partial charge in [0.1, 0.15) is 5.03 Å². The van der Waals surface area contributed by atoms with Crippen LogP contribution in [-0.4, -0.2) is 36.7 Å². The third kappa shape index (κ3) is 3.01. The normalized spacial score (nSPS) is 14.6. The molecule has 19 heavy (non-hydrogen) atoms. The minimum Gasteiger partial charge on any atom is -0.354 e. The van der Waals surface area contributed by atoms with Crippen molar-refractivity contribution in [1.82, 2.24) is 30.2 Å². The monoisotopic (exact) mass is 277 g/mol. The van der Waals surface area contributed by atoms with E-state index in [4.69, 9.17) is 0 Å². The van der Waals surface area contributed by atoms with Gasteiger partial charge in [0.05, 0.1) is 6.04 Å². The number of hydrogen-bond donors (Lipinski definition) is 1. The summed E-state index contributed by atoms with van der Waals surface area (Å²) in [7, 11) is 0. The molecule has 1 aliphatic rings. The molecule has 8 heteroatoms. The summed E-state index contributed by atoms with van der Waals surface area (Å²) in [5.74, 6) is 0.650. The fraction of sp³-hybridized carbons (Fsp3) is 0.545. The van der Waals surface area contributed by atoms with E-state index in [9.17, 15) is 0 Å². The van der Waals surface area contributed by atoms with Gasteiger partial charge >= 0.3 is 0 Å². The van der Waals surface area contributed by atoms with Gasteiger partial charge in [0.2, 0.25) is 11.1 Å². The third-order valence-corrected chi connectivity index (χ3v) is 3.60. The van der Waals surface area contributed by atoms with Gasteiger partial charge in [0.25, 0.3) is 0 Å². The Bertz CT molecular complexity index is 551. The zero-order valence-corrected chi connectivity index (χ0v) is 11.5. The van der Waals surface area contributed by atoms with E-state index in [1.54, 1.807) is 6.20 Å². The molecule has 3 rings (SSSR count). The molecule has 0 aliphatic heterocycles. The molecule has 0 unspecified atom stereocenters. The van der Waals surface area contributed by atoms with Gasteiger partial charge < -0.3 is 5.32 Å². The summed E-state index contributed by atoms with van der Waals surface area (Å²) in [6, 6.07) is 2.34. The second kappa shape index (κ2) is 5.52. The zero-order valence-electron chi connectivity index (χ0n) is 10.7. The van der Waals surface area contributed by atoms with Gasteiger partial charge in [-0.15, -0.1) is 5.10 Å². The highest BCUT2D eigenvalue weighted by Crippen LogP contribution is 2.37. The highest BCUT2D eigenvalue weighted by atomic mass is 32.2. The van der Waals surface area contributed by atoms with Crippen LogP contribution in [0.1, 0.15) is 32.2 Å². The predicted molar refractivity (Wildman–Crippen MR) is 71.0 cm³/mol. The number of tetrazole rings is 1. The molecule has 2 heterocycles. The number of rotatable bonds is 6. The lowest BCUT2D eigenvalue weighted by Crippen LogP contribution is -2.04. The maximum absolute atomic E-state index is 4.44. The summed E-state index contributed by atoms with van der Waals surface area (Å²) in [5, 5.41) is 16.6. The Morgan fingerprint density at radius 3 is 3.16 bits per heavy atom. The average Bonchev–Trinajstić information content (AvgIpc) is 3.18. The molecule has 1 N–H and O–H groups in total. The van der Waals surface area contributed by atoms with Crippen molar-refractivity contribution in [2.75, 3.05) is 11.9 Å². The molecule has 0 amide bonds. The first-order valence-electron chi connectivity index (χ1n) is 6.39. The van der Waals surface area contributed by atoms with Crippen molar-refractivity contribution in [1.29, 1.82) is 0 Å². The Morgan fingerprint density at radius 1 is 1.47 bits per heavy atom. The van der Waals surface area contributed by atoms with Crippen LogP contribution in [-0.2, 0) is 0 Å². The third-order valence-electron chi connectivity index (χ3n) is 2.71. The standard InChI is InChI=1S/C11H15N7S/c1-2-6-12-10-13-7-5-9(14-10)19-11-15-16-17-18(11)8-3-4-8/h5,7-8H,2-4,6H2,1H3,(H,12,13,14). The molecule has 1 aliphatic carbocycles. The van der Waals surface area contributed by atoms with Gasteiger partial charge in [-0.25, -0.2) is 14.6 Å². The van der Waals surface area contributed by atoms with Crippen molar-refractivity contribution >= 4 is 17.7 Å². The number of anilines is 1. The van der Waals surface area contributed by atoms with Gasteiger partial charge in [-0.1, -0.05) is 6.92 Å². The van der Waals surface area contributed by atoms with Crippen molar-refractivity contribution in [2.24, 2.45) is 0 Å². The quantitative estimate of drug-likeness (QED) is 0.806. The van der Waals surface area contributed by atoms with Gasteiger partial charge in [0.15, 0.2) is 0 Å². The molecule has 2 aromatic rings. The highest BCUT2D eigenvalue weighted by Gasteiger charge is 2.28. The zero-order chi connectivity index (χ0) is 13.1. The van der Waals surface area contributed by atoms with Gasteiger partial charge in [-0.3, -0.25) is 0 Å². The molecule has 0 atom stereocenters. The van der Waals surface area contributed by atoms with Gasteiger partial charge in [-0.05, 0) is 47.5 Å². The summed E-state index contributed by atoms with van der Waals surface area (Å²) in [6.07, 6.45) is 5.11. The lowest BCUT2D eigenvalue weighted by Gasteiger charge is -2.04. The summed E-state index contributed by atoms with van der Waals surface area (Å²) >= 11 is 1.47. The lowest BCUT2D eigenvalue weighted by atomic mass is 10.5. The molecule has 2 aromatic heterocycles. The van der Waals surface area contributed by atoms with E-state index >= 15 is 0 Å². The van der Waals surface area contributed by atoms with Crippen LogP contribution in [0.3, 0.4) is 0 Å². The second-order valence-electron chi connectivity index (χ2n) is 4.38. The second-order valence-corrected chi connectivity index (χ2v) is 5.37. The van der Waals surface area contributed by atoms with Crippen molar-refractivity contribution in [3.63, 3.8) is 0 Å². The minimum absolute atomic E-state index is 0.469. The summed E-state index contributed by atoms with van der Waals surface area (Å²) in [4.78, 5) is 8.62. The van der Waals surface area contributed by atoms with E-state index in [1.807, 2.05) is 10.7 Å². The Kier molecular flexibility index (Phi) is 3.58. The van der Waals surface area contributed by atoms with Crippen molar-refractivity contribution in [3.05, 3.63) is 12.3 Å². The van der Waals surface area contributed by atoms with Gasteiger partial charge in [-0.2, -0.15) is 0 Å². The van der Waals surface area contributed by atoms with Crippen LogP contribution < -0.4 is 5.32 Å². The molecule has 0 radical (unpaired) electrons. The predicted octanol–water partition coefficient (Wildman–Crippen LogP) is 1.77. The number of aromatic nitrogens is 6. The maximum Gasteiger partial charge on any atom is 0.223 e. The molecule has 0 spiro atoms. The molecular weight excluding hydrogens is 262 g/mol. The van der Waals surface area contributed by atoms with Crippen LogP contribution in [0, 0.1) is 0 Å². The molecule has 1 saturated carbocycles. The van der Waals surface area contributed by atoms with E-state index in [0.717, 1.165) is 36.0 Å². The minimum atomic E-state index is 0.469. The average molecular weight is 277 g/mol. The van der Waals surface area contributed by atoms with E-state index in [-0.39, 0.29) is 0 Å². The Hall–Kier alpha value is -1.70. The first kappa shape index (κ1) is 12.3. The summed E-state index contributed by atoms with van der Waals surface area (Å²) in [6.45, 7) is 2.98. The van der Waals surface area contributed by atoms with Crippen LogP contribution in [0.4, 0.5) is 5.95 Å². The number of hydrogen-bond acceptors (Lipinski definition) is 7. The molecule has 0 aromatic carbocycles.